The maximum atomic E-state index is 12.3. The molecule has 1 fully saturated rings. The molecule has 1 saturated carbocycles. The number of nitrogen functional groups attached to an aromatic ring is 1. The van der Waals surface area contributed by atoms with Crippen LogP contribution in [0.1, 0.15) is 31.2 Å². The molecule has 0 spiro atoms. The second kappa shape index (κ2) is 5.28. The summed E-state index contributed by atoms with van der Waals surface area (Å²) in [6.07, 6.45) is 4.23. The molecule has 0 atom stereocenters. The van der Waals surface area contributed by atoms with Gasteiger partial charge in [0.05, 0.1) is 5.75 Å². The molecular formula is C13H20N2O2S. The predicted molar refractivity (Wildman–Crippen MR) is 73.5 cm³/mol. The quantitative estimate of drug-likeness (QED) is 0.849. The van der Waals surface area contributed by atoms with Crippen molar-refractivity contribution in [1.82, 2.24) is 4.31 Å². The molecule has 0 amide bonds. The van der Waals surface area contributed by atoms with Crippen LogP contribution < -0.4 is 5.73 Å². The summed E-state index contributed by atoms with van der Waals surface area (Å²) in [5.74, 6) is 0.0558. The first-order valence-corrected chi connectivity index (χ1v) is 7.90. The van der Waals surface area contributed by atoms with E-state index >= 15 is 0 Å². The lowest BCUT2D eigenvalue weighted by molar-refractivity contribution is 0.372. The van der Waals surface area contributed by atoms with Gasteiger partial charge in [0, 0.05) is 18.8 Å². The van der Waals surface area contributed by atoms with E-state index in [0.717, 1.165) is 31.2 Å². The smallest absolute Gasteiger partial charge is 0.218 e. The molecule has 0 unspecified atom stereocenters. The Hall–Kier alpha value is -1.07. The van der Waals surface area contributed by atoms with Gasteiger partial charge in [-0.1, -0.05) is 25.0 Å². The Morgan fingerprint density at radius 1 is 1.22 bits per heavy atom. The van der Waals surface area contributed by atoms with Crippen molar-refractivity contribution < 1.29 is 8.42 Å². The Morgan fingerprint density at radius 2 is 1.78 bits per heavy atom. The van der Waals surface area contributed by atoms with E-state index in [1.165, 1.54) is 0 Å². The van der Waals surface area contributed by atoms with Crippen molar-refractivity contribution in [2.45, 2.75) is 37.5 Å². The molecule has 5 heteroatoms. The molecule has 0 aliphatic heterocycles. The number of nitrogens with two attached hydrogens (primary N) is 1. The van der Waals surface area contributed by atoms with Gasteiger partial charge in [0.25, 0.3) is 0 Å². The van der Waals surface area contributed by atoms with Crippen LogP contribution in [-0.4, -0.2) is 25.8 Å². The molecule has 1 aliphatic rings. The Bertz CT molecular complexity index is 490. The summed E-state index contributed by atoms with van der Waals surface area (Å²) in [7, 11) is -1.52. The van der Waals surface area contributed by atoms with E-state index in [-0.39, 0.29) is 11.8 Å². The Balaban J connectivity index is 2.08. The summed E-state index contributed by atoms with van der Waals surface area (Å²) >= 11 is 0. The predicted octanol–water partition coefficient (Wildman–Crippen LogP) is 1.97. The lowest BCUT2D eigenvalue weighted by Crippen LogP contribution is -2.36. The van der Waals surface area contributed by atoms with E-state index in [1.807, 2.05) is 0 Å². The zero-order valence-corrected chi connectivity index (χ0v) is 11.5. The second-order valence-corrected chi connectivity index (χ2v) is 6.98. The minimum atomic E-state index is -3.22. The Kier molecular flexibility index (Phi) is 3.92. The fourth-order valence-corrected chi connectivity index (χ4v) is 3.90. The molecule has 1 aliphatic carbocycles. The lowest BCUT2D eigenvalue weighted by Gasteiger charge is -2.23. The third-order valence-corrected chi connectivity index (χ3v) is 5.48. The first-order valence-electron chi connectivity index (χ1n) is 6.29. The van der Waals surface area contributed by atoms with E-state index < -0.39 is 10.0 Å². The number of sulfonamides is 1. The molecule has 2 N–H and O–H groups in total. The fraction of sp³-hybridized carbons (Fsp3) is 0.538. The van der Waals surface area contributed by atoms with Gasteiger partial charge in [-0.25, -0.2) is 12.7 Å². The van der Waals surface area contributed by atoms with Gasteiger partial charge in [-0.15, -0.1) is 0 Å². The number of benzene rings is 1. The standard InChI is InChI=1S/C13H20N2O2S/c1-15(13-4-2-3-5-13)18(16,17)10-11-6-8-12(14)9-7-11/h6-9,13H,2-5,10,14H2,1H3. The SMILES string of the molecule is CN(C1CCCC1)S(=O)(=O)Cc1ccc(N)cc1. The second-order valence-electron chi connectivity index (χ2n) is 4.95. The highest BCUT2D eigenvalue weighted by Crippen LogP contribution is 2.25. The van der Waals surface area contributed by atoms with E-state index in [0.29, 0.717) is 5.69 Å². The van der Waals surface area contributed by atoms with Gasteiger partial charge in [-0.05, 0) is 30.5 Å². The zero-order chi connectivity index (χ0) is 13.2. The summed E-state index contributed by atoms with van der Waals surface area (Å²) in [5, 5.41) is 0. The van der Waals surface area contributed by atoms with Gasteiger partial charge in [0.15, 0.2) is 0 Å². The van der Waals surface area contributed by atoms with Crippen LogP contribution in [0, 0.1) is 0 Å². The minimum absolute atomic E-state index is 0.0558. The first kappa shape index (κ1) is 13.4. The first-order chi connectivity index (χ1) is 8.49. The van der Waals surface area contributed by atoms with Gasteiger partial charge in [-0.3, -0.25) is 0 Å². The number of nitrogens with zero attached hydrogens (tertiary/aromatic N) is 1. The van der Waals surface area contributed by atoms with Crippen molar-refractivity contribution >= 4 is 15.7 Å². The average Bonchev–Trinajstić information content (AvgIpc) is 2.84. The van der Waals surface area contributed by atoms with Gasteiger partial charge in [-0.2, -0.15) is 0 Å². The molecule has 0 aromatic heterocycles. The molecule has 0 saturated heterocycles. The van der Waals surface area contributed by atoms with Crippen molar-refractivity contribution in [3.05, 3.63) is 29.8 Å². The van der Waals surface area contributed by atoms with Crippen LogP contribution in [0.25, 0.3) is 0 Å². The van der Waals surface area contributed by atoms with Crippen LogP contribution in [0.2, 0.25) is 0 Å². The molecule has 1 aromatic carbocycles. The van der Waals surface area contributed by atoms with Crippen LogP contribution in [0.3, 0.4) is 0 Å². The van der Waals surface area contributed by atoms with E-state index in [9.17, 15) is 8.42 Å². The van der Waals surface area contributed by atoms with Gasteiger partial charge in [0.2, 0.25) is 10.0 Å². The van der Waals surface area contributed by atoms with Crippen molar-refractivity contribution in [2.75, 3.05) is 12.8 Å². The van der Waals surface area contributed by atoms with Crippen LogP contribution >= 0.6 is 0 Å². The molecule has 18 heavy (non-hydrogen) atoms. The molecule has 1 aromatic rings. The molecule has 2 rings (SSSR count). The number of hydrogen-bond acceptors (Lipinski definition) is 3. The topological polar surface area (TPSA) is 63.4 Å². The third kappa shape index (κ3) is 3.03. The molecule has 0 bridgehead atoms. The minimum Gasteiger partial charge on any atom is -0.399 e. The number of anilines is 1. The maximum absolute atomic E-state index is 12.3. The molecule has 100 valence electrons. The summed E-state index contributed by atoms with van der Waals surface area (Å²) in [6.45, 7) is 0. The van der Waals surface area contributed by atoms with E-state index in [1.54, 1.807) is 35.6 Å². The average molecular weight is 268 g/mol. The highest BCUT2D eigenvalue weighted by Gasteiger charge is 2.28. The van der Waals surface area contributed by atoms with Crippen LogP contribution in [0.5, 0.6) is 0 Å². The largest absolute Gasteiger partial charge is 0.399 e. The van der Waals surface area contributed by atoms with Crippen LogP contribution in [0.4, 0.5) is 5.69 Å². The number of hydrogen-bond donors (Lipinski definition) is 1. The van der Waals surface area contributed by atoms with Crippen LogP contribution in [-0.2, 0) is 15.8 Å². The van der Waals surface area contributed by atoms with Crippen molar-refractivity contribution in [3.63, 3.8) is 0 Å². The van der Waals surface area contributed by atoms with Gasteiger partial charge >= 0.3 is 0 Å². The Labute approximate surface area is 109 Å². The normalized spacial score (nSPS) is 17.4. The maximum Gasteiger partial charge on any atom is 0.218 e. The zero-order valence-electron chi connectivity index (χ0n) is 10.7. The van der Waals surface area contributed by atoms with E-state index in [2.05, 4.69) is 0 Å². The molecule has 0 heterocycles. The van der Waals surface area contributed by atoms with E-state index in [4.69, 9.17) is 5.73 Å². The van der Waals surface area contributed by atoms with Gasteiger partial charge < -0.3 is 5.73 Å². The van der Waals surface area contributed by atoms with Crippen molar-refractivity contribution in [3.8, 4) is 0 Å². The summed E-state index contributed by atoms with van der Waals surface area (Å²) in [4.78, 5) is 0. The monoisotopic (exact) mass is 268 g/mol. The van der Waals surface area contributed by atoms with Gasteiger partial charge in [0.1, 0.15) is 0 Å². The third-order valence-electron chi connectivity index (χ3n) is 3.61. The van der Waals surface area contributed by atoms with Crippen LogP contribution in [0.15, 0.2) is 24.3 Å². The highest BCUT2D eigenvalue weighted by atomic mass is 32.2. The molecule has 4 nitrogen and oxygen atoms in total. The summed E-state index contributed by atoms with van der Waals surface area (Å²) < 4.78 is 26.1. The Morgan fingerprint density at radius 3 is 2.33 bits per heavy atom. The highest BCUT2D eigenvalue weighted by molar-refractivity contribution is 7.88. The molecule has 0 radical (unpaired) electrons. The van der Waals surface area contributed by atoms with Crippen molar-refractivity contribution in [1.29, 1.82) is 0 Å². The fourth-order valence-electron chi connectivity index (χ4n) is 2.42. The van der Waals surface area contributed by atoms with Crippen molar-refractivity contribution in [2.24, 2.45) is 0 Å². The number of rotatable bonds is 4. The molecular weight excluding hydrogens is 248 g/mol. The summed E-state index contributed by atoms with van der Waals surface area (Å²) in [6, 6.07) is 7.20. The lowest BCUT2D eigenvalue weighted by atomic mass is 10.2. The summed E-state index contributed by atoms with van der Waals surface area (Å²) in [5.41, 5.74) is 7.03.